The summed E-state index contributed by atoms with van der Waals surface area (Å²) in [5.74, 6) is 0.425. The van der Waals surface area contributed by atoms with E-state index in [0.717, 1.165) is 36.1 Å². The van der Waals surface area contributed by atoms with E-state index >= 15 is 0 Å². The Morgan fingerprint density at radius 1 is 0.902 bits per heavy atom. The Morgan fingerprint density at radius 3 is 2.27 bits per heavy atom. The van der Waals surface area contributed by atoms with E-state index in [1.165, 1.54) is 18.2 Å². The summed E-state index contributed by atoms with van der Waals surface area (Å²) >= 11 is 0. The van der Waals surface area contributed by atoms with Crippen molar-refractivity contribution < 1.29 is 23.9 Å². The molecule has 1 aliphatic rings. The highest BCUT2D eigenvalue weighted by atomic mass is 16.5. The number of aryl methyl sites for hydroxylation is 2. The Labute approximate surface area is 242 Å². The Balaban J connectivity index is 1.21. The van der Waals surface area contributed by atoms with E-state index in [2.05, 4.69) is 24.4 Å². The molecule has 1 atom stereocenters. The second-order valence-corrected chi connectivity index (χ2v) is 10.7. The highest BCUT2D eigenvalue weighted by molar-refractivity contribution is 5.84. The van der Waals surface area contributed by atoms with Crippen LogP contribution in [0.2, 0.25) is 0 Å². The smallest absolute Gasteiger partial charge is 0.328 e. The minimum absolute atomic E-state index is 0.165. The molecule has 7 nitrogen and oxygen atoms in total. The Kier molecular flexibility index (Phi) is 10.9. The van der Waals surface area contributed by atoms with Crippen LogP contribution in [0.1, 0.15) is 47.9 Å². The molecule has 7 heteroatoms. The van der Waals surface area contributed by atoms with Crippen molar-refractivity contribution in [2.75, 3.05) is 20.2 Å². The van der Waals surface area contributed by atoms with E-state index in [1.54, 1.807) is 0 Å². The van der Waals surface area contributed by atoms with Crippen molar-refractivity contribution in [1.29, 1.82) is 0 Å². The third-order valence-electron chi connectivity index (χ3n) is 7.74. The van der Waals surface area contributed by atoms with E-state index in [0.29, 0.717) is 39.0 Å². The standard InChI is InChI=1S/C34H40N2O5/c1-25-8-6-7-11-29(25)14-17-33(38)36-20-18-27(19-21-36)23-32(37)35-31(34(39)40-2)22-26-12-15-30(16-13-26)41-24-28-9-4-3-5-10-28/h3-13,15-16,27,31H,14,17-24H2,1-2H3,(H,35,37)/t31-/m0/s1. The minimum Gasteiger partial charge on any atom is -0.489 e. The molecule has 3 aromatic rings. The lowest BCUT2D eigenvalue weighted by Gasteiger charge is -2.32. The maximum atomic E-state index is 12.9. The molecule has 1 fully saturated rings. The zero-order valence-corrected chi connectivity index (χ0v) is 24.0. The maximum absolute atomic E-state index is 12.9. The largest absolute Gasteiger partial charge is 0.489 e. The molecule has 0 bridgehead atoms. The normalized spacial score (nSPS) is 14.2. The molecule has 1 saturated heterocycles. The molecule has 1 heterocycles. The molecule has 0 unspecified atom stereocenters. The van der Waals surface area contributed by atoms with E-state index in [9.17, 15) is 14.4 Å². The summed E-state index contributed by atoms with van der Waals surface area (Å²) < 4.78 is 10.8. The molecule has 4 rings (SSSR count). The first-order chi connectivity index (χ1) is 19.9. The molecule has 0 radical (unpaired) electrons. The van der Waals surface area contributed by atoms with Crippen molar-refractivity contribution >= 4 is 17.8 Å². The van der Waals surface area contributed by atoms with Gasteiger partial charge in [0.25, 0.3) is 0 Å². The van der Waals surface area contributed by atoms with Gasteiger partial charge in [0.2, 0.25) is 11.8 Å². The Bertz CT molecular complexity index is 1280. The number of nitrogens with one attached hydrogen (secondary N) is 1. The number of ether oxygens (including phenoxy) is 2. The van der Waals surface area contributed by atoms with Crippen molar-refractivity contribution in [2.45, 2.75) is 58.1 Å². The number of nitrogens with zero attached hydrogens (tertiary/aromatic N) is 1. The van der Waals surface area contributed by atoms with Gasteiger partial charge < -0.3 is 19.7 Å². The van der Waals surface area contributed by atoms with Gasteiger partial charge in [-0.15, -0.1) is 0 Å². The van der Waals surface area contributed by atoms with Gasteiger partial charge in [0.05, 0.1) is 7.11 Å². The molecular formula is C34H40N2O5. The van der Waals surface area contributed by atoms with Gasteiger partial charge in [-0.25, -0.2) is 4.79 Å². The van der Waals surface area contributed by atoms with Crippen LogP contribution >= 0.6 is 0 Å². The molecule has 1 aliphatic heterocycles. The van der Waals surface area contributed by atoms with Crippen molar-refractivity contribution in [1.82, 2.24) is 10.2 Å². The third kappa shape index (κ3) is 9.20. The van der Waals surface area contributed by atoms with Gasteiger partial charge in [0.15, 0.2) is 0 Å². The van der Waals surface area contributed by atoms with Crippen LogP contribution in [0.25, 0.3) is 0 Å². The lowest BCUT2D eigenvalue weighted by Crippen LogP contribution is -2.44. The first-order valence-corrected chi connectivity index (χ1v) is 14.4. The summed E-state index contributed by atoms with van der Waals surface area (Å²) in [6.07, 6.45) is 3.44. The quantitative estimate of drug-likeness (QED) is 0.316. The predicted octanol–water partition coefficient (Wildman–Crippen LogP) is 5.04. The molecule has 2 amide bonds. The number of hydrogen-bond donors (Lipinski definition) is 1. The van der Waals surface area contributed by atoms with E-state index in [4.69, 9.17) is 9.47 Å². The fourth-order valence-corrected chi connectivity index (χ4v) is 5.23. The molecule has 1 N–H and O–H groups in total. The second kappa shape index (κ2) is 15.0. The number of likely N-dealkylation sites (tertiary alicyclic amines) is 1. The van der Waals surface area contributed by atoms with Gasteiger partial charge in [-0.2, -0.15) is 0 Å². The number of carbonyl (C=O) groups is 3. The van der Waals surface area contributed by atoms with Crippen molar-refractivity contribution in [3.8, 4) is 5.75 Å². The average Bonchev–Trinajstić information content (AvgIpc) is 3.00. The van der Waals surface area contributed by atoms with Crippen LogP contribution in [0, 0.1) is 12.8 Å². The van der Waals surface area contributed by atoms with Gasteiger partial charge >= 0.3 is 5.97 Å². The van der Waals surface area contributed by atoms with Crippen molar-refractivity contribution in [3.05, 3.63) is 101 Å². The molecule has 0 spiro atoms. The summed E-state index contributed by atoms with van der Waals surface area (Å²) in [5.41, 5.74) is 4.39. The van der Waals surface area contributed by atoms with Gasteiger partial charge in [-0.1, -0.05) is 66.7 Å². The Morgan fingerprint density at radius 2 is 1.59 bits per heavy atom. The van der Waals surface area contributed by atoms with Crippen LogP contribution in [0.15, 0.2) is 78.9 Å². The van der Waals surface area contributed by atoms with E-state index < -0.39 is 12.0 Å². The molecule has 0 aromatic heterocycles. The number of hydrogen-bond acceptors (Lipinski definition) is 5. The SMILES string of the molecule is COC(=O)[C@H](Cc1ccc(OCc2ccccc2)cc1)NC(=O)CC1CCN(C(=O)CCc2ccccc2C)CC1. The monoisotopic (exact) mass is 556 g/mol. The maximum Gasteiger partial charge on any atom is 0.328 e. The number of piperidine rings is 1. The lowest BCUT2D eigenvalue weighted by molar-refractivity contribution is -0.145. The van der Waals surface area contributed by atoms with Crippen LogP contribution in [0.5, 0.6) is 5.75 Å². The lowest BCUT2D eigenvalue weighted by atomic mass is 9.92. The van der Waals surface area contributed by atoms with Crippen LogP contribution < -0.4 is 10.1 Å². The fraction of sp³-hybridized carbons (Fsp3) is 0.382. The van der Waals surface area contributed by atoms with Gasteiger partial charge in [0, 0.05) is 32.4 Å². The number of methoxy groups -OCH3 is 1. The third-order valence-corrected chi connectivity index (χ3v) is 7.74. The van der Waals surface area contributed by atoms with Gasteiger partial charge in [-0.3, -0.25) is 9.59 Å². The van der Waals surface area contributed by atoms with Crippen LogP contribution in [0.3, 0.4) is 0 Å². The van der Waals surface area contributed by atoms with E-state index in [-0.39, 0.29) is 17.7 Å². The molecule has 0 saturated carbocycles. The molecule has 41 heavy (non-hydrogen) atoms. The fourth-order valence-electron chi connectivity index (χ4n) is 5.23. The second-order valence-electron chi connectivity index (χ2n) is 10.7. The summed E-state index contributed by atoms with van der Waals surface area (Å²) in [6, 6.07) is 24.8. The molecular weight excluding hydrogens is 516 g/mol. The van der Waals surface area contributed by atoms with E-state index in [1.807, 2.05) is 71.6 Å². The number of esters is 1. The Hall–Kier alpha value is -4.13. The predicted molar refractivity (Wildman–Crippen MR) is 158 cm³/mol. The van der Waals surface area contributed by atoms with Crippen molar-refractivity contribution in [2.24, 2.45) is 5.92 Å². The first kappa shape index (κ1) is 29.8. The zero-order valence-electron chi connectivity index (χ0n) is 24.0. The topological polar surface area (TPSA) is 84.9 Å². The zero-order chi connectivity index (χ0) is 29.0. The highest BCUT2D eigenvalue weighted by Crippen LogP contribution is 2.22. The molecule has 3 aromatic carbocycles. The summed E-state index contributed by atoms with van der Waals surface area (Å²) in [6.45, 7) is 3.86. The van der Waals surface area contributed by atoms with Crippen LogP contribution in [-0.2, 0) is 38.6 Å². The molecule has 216 valence electrons. The van der Waals surface area contributed by atoms with Crippen molar-refractivity contribution in [3.63, 3.8) is 0 Å². The number of rotatable bonds is 12. The number of carbonyl (C=O) groups excluding carboxylic acids is 3. The number of benzene rings is 3. The van der Waals surface area contributed by atoms with Gasteiger partial charge in [0.1, 0.15) is 18.4 Å². The summed E-state index contributed by atoms with van der Waals surface area (Å²) in [4.78, 5) is 40.0. The average molecular weight is 557 g/mol. The van der Waals surface area contributed by atoms with Crippen LogP contribution in [-0.4, -0.2) is 48.9 Å². The number of amides is 2. The summed E-state index contributed by atoms with van der Waals surface area (Å²) in [7, 11) is 1.33. The highest BCUT2D eigenvalue weighted by Gasteiger charge is 2.27. The van der Waals surface area contributed by atoms with Gasteiger partial charge in [-0.05, 0) is 66.5 Å². The first-order valence-electron chi connectivity index (χ1n) is 14.4. The minimum atomic E-state index is -0.772. The summed E-state index contributed by atoms with van der Waals surface area (Å²) in [5, 5.41) is 2.88. The van der Waals surface area contributed by atoms with Crippen LogP contribution in [0.4, 0.5) is 0 Å². The molecule has 0 aliphatic carbocycles.